The molecule has 4 nitrogen and oxygen atoms in total. The Morgan fingerprint density at radius 1 is 0.867 bits per heavy atom. The number of hydrogen-bond donors (Lipinski definition) is 4. The summed E-state index contributed by atoms with van der Waals surface area (Å²) >= 11 is 7.74. The fraction of sp³-hybridized carbons (Fsp3) is 0.750. The van der Waals surface area contributed by atoms with Crippen LogP contribution >= 0.6 is 24.4 Å². The molecular weight excluding hydrogens is 243 g/mol. The molecule has 0 atom stereocenters. The second-order valence-corrected chi connectivity index (χ2v) is 2.93. The first-order valence-electron chi connectivity index (χ1n) is 4.26. The van der Waals surface area contributed by atoms with E-state index in [1.54, 1.807) is 0 Å². The number of nitrogens with two attached hydrogens (primary N) is 2. The van der Waals surface area contributed by atoms with Gasteiger partial charge in [-0.1, -0.05) is 40.5 Å². The molecule has 0 aliphatic rings. The van der Waals surface area contributed by atoms with Gasteiger partial charge in [0.15, 0.2) is 0 Å². The van der Waals surface area contributed by atoms with E-state index in [1.807, 2.05) is 0 Å². The molecule has 0 saturated carbocycles. The van der Waals surface area contributed by atoms with Gasteiger partial charge in [-0.2, -0.15) is 0 Å². The summed E-state index contributed by atoms with van der Waals surface area (Å²) < 4.78 is 0. The first-order chi connectivity index (χ1) is 6.29. The van der Waals surface area contributed by atoms with E-state index in [9.17, 15) is 0 Å². The van der Waals surface area contributed by atoms with Gasteiger partial charge in [0.05, 0.1) is 0 Å². The van der Waals surface area contributed by atoms with Gasteiger partial charge in [-0.25, -0.2) is 0 Å². The van der Waals surface area contributed by atoms with Crippen molar-refractivity contribution < 1.29 is 10.2 Å². The van der Waals surface area contributed by atoms with Crippen LogP contribution in [0.1, 0.15) is 40.5 Å². The fourth-order valence-corrected chi connectivity index (χ4v) is 0. The Bertz CT molecular complexity index is 105. The molecule has 0 saturated heterocycles. The van der Waals surface area contributed by atoms with Crippen LogP contribution in [-0.4, -0.2) is 50.1 Å². The summed E-state index contributed by atoms with van der Waals surface area (Å²) in [6.07, 6.45) is 2.50. The number of hydrogen-bond acceptors (Lipinski definition) is 2. The van der Waals surface area contributed by atoms with Crippen LogP contribution < -0.4 is 11.5 Å². The van der Waals surface area contributed by atoms with Crippen LogP contribution in [0, 0.1) is 0 Å². The fourth-order valence-electron chi connectivity index (χ4n) is 0. The molecular formula is C8H23N2NaO2S2. The molecule has 90 valence electrons. The minimum absolute atomic E-state index is 0. The molecule has 0 amide bonds. The minimum atomic E-state index is -0.500. The number of aliphatic hydroxyl groups excluding tert-OH is 2. The van der Waals surface area contributed by atoms with Crippen molar-refractivity contribution in [2.75, 3.05) is 0 Å². The quantitative estimate of drug-likeness (QED) is 0.394. The Labute approximate surface area is 126 Å². The van der Waals surface area contributed by atoms with Gasteiger partial charge in [0.1, 0.15) is 0 Å². The van der Waals surface area contributed by atoms with Crippen molar-refractivity contribution in [1.29, 1.82) is 0 Å². The Hall–Kier alpha value is 0.380. The van der Waals surface area contributed by atoms with E-state index in [4.69, 9.17) is 10.2 Å². The van der Waals surface area contributed by atoms with Gasteiger partial charge in [-0.05, 0) is 24.4 Å². The third kappa shape index (κ3) is 15300. The monoisotopic (exact) mass is 266 g/mol. The summed E-state index contributed by atoms with van der Waals surface area (Å²) in [6, 6.07) is 0. The van der Waals surface area contributed by atoms with E-state index in [2.05, 4.69) is 63.6 Å². The predicted octanol–water partition coefficient (Wildman–Crippen LogP) is 1.76. The van der Waals surface area contributed by atoms with Crippen molar-refractivity contribution in [2.24, 2.45) is 11.5 Å². The van der Waals surface area contributed by atoms with Crippen LogP contribution in [-0.2, 0) is 0 Å². The Kier molecular flexibility index (Phi) is 72.1. The van der Waals surface area contributed by atoms with E-state index in [1.165, 1.54) is 12.8 Å². The van der Waals surface area contributed by atoms with Crippen LogP contribution in [0.2, 0.25) is 0 Å². The molecule has 0 aromatic carbocycles. The molecule has 0 heterocycles. The van der Waals surface area contributed by atoms with E-state index in [0.717, 1.165) is 0 Å². The Morgan fingerprint density at radius 3 is 0.867 bits per heavy atom. The zero-order chi connectivity index (χ0) is 12.6. The molecule has 0 aliphatic heterocycles. The predicted molar refractivity (Wildman–Crippen MR) is 77.9 cm³/mol. The first-order valence-corrected chi connectivity index (χ1v) is 5.08. The summed E-state index contributed by atoms with van der Waals surface area (Å²) in [6.45, 7) is 8.50. The maximum atomic E-state index is 7.56. The molecule has 0 fully saturated rings. The normalized spacial score (nSPS) is 5.60. The SMILES string of the molecule is CCC.CCC.NC(O)=S.NC(O)=S.[NaH]. The second-order valence-electron chi connectivity index (χ2n) is 2.09. The Balaban J connectivity index is -0.0000000293. The number of rotatable bonds is 0. The van der Waals surface area contributed by atoms with Crippen LogP contribution in [0.4, 0.5) is 0 Å². The second kappa shape index (κ2) is 36.7. The summed E-state index contributed by atoms with van der Waals surface area (Å²) in [5.41, 5.74) is 8.80. The molecule has 0 radical (unpaired) electrons. The van der Waals surface area contributed by atoms with E-state index in [0.29, 0.717) is 0 Å². The molecule has 0 aromatic rings. The van der Waals surface area contributed by atoms with Crippen LogP contribution in [0.5, 0.6) is 0 Å². The van der Waals surface area contributed by atoms with Crippen molar-refractivity contribution in [3.8, 4) is 0 Å². The van der Waals surface area contributed by atoms with Gasteiger partial charge in [0.2, 0.25) is 0 Å². The zero-order valence-electron chi connectivity index (χ0n) is 9.28. The van der Waals surface area contributed by atoms with Gasteiger partial charge >= 0.3 is 29.6 Å². The van der Waals surface area contributed by atoms with Crippen molar-refractivity contribution >= 4 is 64.3 Å². The molecule has 0 spiro atoms. The molecule has 0 aliphatic carbocycles. The van der Waals surface area contributed by atoms with Crippen LogP contribution in [0.25, 0.3) is 0 Å². The van der Waals surface area contributed by atoms with E-state index in [-0.39, 0.29) is 29.6 Å². The Morgan fingerprint density at radius 2 is 0.867 bits per heavy atom. The van der Waals surface area contributed by atoms with Gasteiger partial charge in [0.25, 0.3) is 10.3 Å². The van der Waals surface area contributed by atoms with Gasteiger partial charge in [0, 0.05) is 0 Å². The van der Waals surface area contributed by atoms with Crippen molar-refractivity contribution in [3.05, 3.63) is 0 Å². The molecule has 15 heavy (non-hydrogen) atoms. The number of thiocarbonyl (C=S) groups is 2. The van der Waals surface area contributed by atoms with Crippen molar-refractivity contribution in [3.63, 3.8) is 0 Å². The summed E-state index contributed by atoms with van der Waals surface area (Å²) in [5, 5.41) is 14.1. The average molecular weight is 266 g/mol. The maximum absolute atomic E-state index is 7.56. The van der Waals surface area contributed by atoms with Gasteiger partial charge in [-0.15, -0.1) is 0 Å². The van der Waals surface area contributed by atoms with Crippen molar-refractivity contribution in [1.82, 2.24) is 0 Å². The third-order valence-electron chi connectivity index (χ3n) is 0. The van der Waals surface area contributed by atoms with E-state index >= 15 is 0 Å². The van der Waals surface area contributed by atoms with Gasteiger partial charge in [-0.3, -0.25) is 0 Å². The zero-order valence-corrected chi connectivity index (χ0v) is 10.9. The molecule has 0 rings (SSSR count). The van der Waals surface area contributed by atoms with Gasteiger partial charge < -0.3 is 21.7 Å². The topological polar surface area (TPSA) is 92.5 Å². The van der Waals surface area contributed by atoms with Crippen molar-refractivity contribution in [2.45, 2.75) is 40.5 Å². The molecule has 6 N–H and O–H groups in total. The molecule has 0 aromatic heterocycles. The first kappa shape index (κ1) is 29.5. The van der Waals surface area contributed by atoms with Crippen LogP contribution in [0.15, 0.2) is 0 Å². The molecule has 0 unspecified atom stereocenters. The third-order valence-corrected chi connectivity index (χ3v) is 0. The average Bonchev–Trinajstić information content (AvgIpc) is 1.85. The molecule has 7 heteroatoms. The summed E-state index contributed by atoms with van der Waals surface area (Å²) in [5.74, 6) is 0. The number of aliphatic hydroxyl groups is 2. The summed E-state index contributed by atoms with van der Waals surface area (Å²) in [4.78, 5) is 0. The van der Waals surface area contributed by atoms with E-state index < -0.39 is 10.3 Å². The molecule has 0 bridgehead atoms. The standard InChI is InChI=1S/2C3H8.2CH3NOS.Na.H/c2*1-3-2;2*2-1(3)4;;/h2*3H2,1-2H3;2*(H3,2,3,4);;. The van der Waals surface area contributed by atoms with Crippen LogP contribution in [0.3, 0.4) is 0 Å². The summed E-state index contributed by atoms with van der Waals surface area (Å²) in [7, 11) is 0.